The molecule has 0 aromatic heterocycles. The van der Waals surface area contributed by atoms with E-state index >= 15 is 0 Å². The van der Waals surface area contributed by atoms with Crippen molar-refractivity contribution >= 4 is 17.8 Å². The van der Waals surface area contributed by atoms with Gasteiger partial charge >= 0.3 is 5.97 Å². The Morgan fingerprint density at radius 1 is 0.522 bits per heavy atom. The van der Waals surface area contributed by atoms with Crippen molar-refractivity contribution in [3.8, 4) is 5.75 Å². The van der Waals surface area contributed by atoms with Gasteiger partial charge in [-0.05, 0) is 59.5 Å². The SMILES string of the molecule is O=C(N[C@@H](COC(=O)[C@H](Cc1ccc(OCc2ccccc2)cc1)NC(=O)c1ccccc1)Cc1ccccc1)c1ccccc1. The minimum Gasteiger partial charge on any atom is -0.489 e. The topological polar surface area (TPSA) is 93.7 Å². The van der Waals surface area contributed by atoms with E-state index in [1.165, 1.54) is 0 Å². The van der Waals surface area contributed by atoms with Crippen LogP contribution in [0.2, 0.25) is 0 Å². The highest BCUT2D eigenvalue weighted by Crippen LogP contribution is 2.16. The number of nitrogens with one attached hydrogen (secondary N) is 2. The van der Waals surface area contributed by atoms with E-state index in [0.717, 1.165) is 16.7 Å². The van der Waals surface area contributed by atoms with Gasteiger partial charge in [0, 0.05) is 17.5 Å². The van der Waals surface area contributed by atoms with Gasteiger partial charge < -0.3 is 20.1 Å². The Morgan fingerprint density at radius 2 is 1.00 bits per heavy atom. The first-order valence-electron chi connectivity index (χ1n) is 15.2. The molecule has 5 aromatic carbocycles. The quantitative estimate of drug-likeness (QED) is 0.146. The van der Waals surface area contributed by atoms with Crippen LogP contribution in [0.1, 0.15) is 37.4 Å². The lowest BCUT2D eigenvalue weighted by atomic mass is 10.0. The number of carbonyl (C=O) groups is 3. The number of rotatable bonds is 14. The van der Waals surface area contributed by atoms with Crippen LogP contribution in [0.25, 0.3) is 0 Å². The molecule has 0 aliphatic carbocycles. The predicted molar refractivity (Wildman–Crippen MR) is 177 cm³/mol. The maximum Gasteiger partial charge on any atom is 0.329 e. The van der Waals surface area contributed by atoms with E-state index < -0.39 is 18.1 Å². The Balaban J connectivity index is 1.27. The Morgan fingerprint density at radius 3 is 1.57 bits per heavy atom. The lowest BCUT2D eigenvalue weighted by molar-refractivity contribution is -0.146. The van der Waals surface area contributed by atoms with Crippen LogP contribution >= 0.6 is 0 Å². The van der Waals surface area contributed by atoms with Gasteiger partial charge in [-0.3, -0.25) is 9.59 Å². The zero-order chi connectivity index (χ0) is 32.0. The van der Waals surface area contributed by atoms with Crippen LogP contribution in [0.3, 0.4) is 0 Å². The summed E-state index contributed by atoms with van der Waals surface area (Å²) in [5.74, 6) is -0.552. The summed E-state index contributed by atoms with van der Waals surface area (Å²) >= 11 is 0. The highest BCUT2D eigenvalue weighted by molar-refractivity contribution is 5.97. The highest BCUT2D eigenvalue weighted by Gasteiger charge is 2.25. The molecule has 2 N–H and O–H groups in total. The van der Waals surface area contributed by atoms with Crippen molar-refractivity contribution in [2.45, 2.75) is 31.5 Å². The second-order valence-corrected chi connectivity index (χ2v) is 10.9. The molecule has 7 nitrogen and oxygen atoms in total. The first-order chi connectivity index (χ1) is 22.5. The van der Waals surface area contributed by atoms with Gasteiger partial charge in [-0.1, -0.05) is 109 Å². The van der Waals surface area contributed by atoms with Crippen molar-refractivity contribution in [2.24, 2.45) is 0 Å². The Kier molecular flexibility index (Phi) is 11.3. The van der Waals surface area contributed by atoms with Crippen molar-refractivity contribution < 1.29 is 23.9 Å². The summed E-state index contributed by atoms with van der Waals surface area (Å²) in [6, 6.07) is 43.1. The monoisotopic (exact) mass is 612 g/mol. The first-order valence-corrected chi connectivity index (χ1v) is 15.2. The summed E-state index contributed by atoms with van der Waals surface area (Å²) in [5.41, 5.74) is 3.81. The molecule has 0 bridgehead atoms. The Labute approximate surface area is 269 Å². The van der Waals surface area contributed by atoms with Crippen LogP contribution in [0.15, 0.2) is 146 Å². The van der Waals surface area contributed by atoms with Gasteiger partial charge in [0.1, 0.15) is 25.0 Å². The molecule has 0 heterocycles. The number of amides is 2. The molecule has 0 spiro atoms. The second-order valence-electron chi connectivity index (χ2n) is 10.9. The van der Waals surface area contributed by atoms with Crippen molar-refractivity contribution in [3.05, 3.63) is 173 Å². The summed E-state index contributed by atoms with van der Waals surface area (Å²) in [7, 11) is 0. The molecule has 0 unspecified atom stereocenters. The molecule has 0 radical (unpaired) electrons. The minimum atomic E-state index is -0.967. The van der Waals surface area contributed by atoms with E-state index in [-0.39, 0.29) is 24.8 Å². The third-order valence-corrected chi connectivity index (χ3v) is 7.36. The molecule has 46 heavy (non-hydrogen) atoms. The molecule has 0 aliphatic rings. The minimum absolute atomic E-state index is 0.0731. The van der Waals surface area contributed by atoms with Crippen molar-refractivity contribution in [1.82, 2.24) is 10.6 Å². The molecule has 0 saturated heterocycles. The van der Waals surface area contributed by atoms with E-state index in [0.29, 0.717) is 29.9 Å². The molecule has 232 valence electrons. The van der Waals surface area contributed by atoms with Gasteiger partial charge in [0.15, 0.2) is 0 Å². The summed E-state index contributed by atoms with van der Waals surface area (Å²) in [6.45, 7) is 0.365. The lowest BCUT2D eigenvalue weighted by Gasteiger charge is -2.22. The number of hydrogen-bond acceptors (Lipinski definition) is 5. The zero-order valence-electron chi connectivity index (χ0n) is 25.4. The summed E-state index contributed by atoms with van der Waals surface area (Å²) in [6.07, 6.45) is 0.661. The highest BCUT2D eigenvalue weighted by atomic mass is 16.5. The normalized spacial score (nSPS) is 11.9. The molecular formula is C39H36N2O5. The number of carbonyl (C=O) groups excluding carboxylic acids is 3. The third kappa shape index (κ3) is 9.66. The largest absolute Gasteiger partial charge is 0.489 e. The van der Waals surface area contributed by atoms with E-state index in [2.05, 4.69) is 10.6 Å². The molecule has 5 rings (SSSR count). The lowest BCUT2D eigenvalue weighted by Crippen LogP contribution is -2.46. The summed E-state index contributed by atoms with van der Waals surface area (Å²) < 4.78 is 11.7. The first kappa shape index (κ1) is 31.7. The van der Waals surface area contributed by atoms with Crippen molar-refractivity contribution in [1.29, 1.82) is 0 Å². The molecule has 0 saturated carbocycles. The average molecular weight is 613 g/mol. The number of esters is 1. The van der Waals surface area contributed by atoms with E-state index in [4.69, 9.17) is 9.47 Å². The fraction of sp³-hybridized carbons (Fsp3) is 0.154. The molecule has 7 heteroatoms. The van der Waals surface area contributed by atoms with Crippen LogP contribution in [0, 0.1) is 0 Å². The molecule has 2 atom stereocenters. The molecule has 5 aromatic rings. The van der Waals surface area contributed by atoms with Crippen LogP contribution in [0.5, 0.6) is 5.75 Å². The van der Waals surface area contributed by atoms with Gasteiger partial charge in [-0.25, -0.2) is 4.79 Å². The zero-order valence-corrected chi connectivity index (χ0v) is 25.4. The van der Waals surface area contributed by atoms with Crippen LogP contribution in [-0.2, 0) is 29.0 Å². The van der Waals surface area contributed by atoms with Crippen molar-refractivity contribution in [2.75, 3.05) is 6.61 Å². The number of benzene rings is 5. The molecule has 2 amide bonds. The van der Waals surface area contributed by atoms with Crippen molar-refractivity contribution in [3.63, 3.8) is 0 Å². The van der Waals surface area contributed by atoms with Gasteiger partial charge in [-0.15, -0.1) is 0 Å². The van der Waals surface area contributed by atoms with Crippen LogP contribution in [-0.4, -0.2) is 36.5 Å². The van der Waals surface area contributed by atoms with E-state index in [1.54, 1.807) is 48.5 Å². The van der Waals surface area contributed by atoms with E-state index in [9.17, 15) is 14.4 Å². The van der Waals surface area contributed by atoms with Crippen LogP contribution < -0.4 is 15.4 Å². The Bertz CT molecular complexity index is 1680. The second kappa shape index (κ2) is 16.4. The average Bonchev–Trinajstić information content (AvgIpc) is 3.11. The molecule has 0 fully saturated rings. The summed E-state index contributed by atoms with van der Waals surface area (Å²) in [4.78, 5) is 39.7. The fourth-order valence-electron chi connectivity index (χ4n) is 4.91. The standard InChI is InChI=1S/C39H36N2O5/c42-37(32-17-9-3-10-18-32)40-34(25-29-13-5-1-6-14-29)28-46-39(44)36(41-38(43)33-19-11-4-12-20-33)26-30-21-23-35(24-22-30)45-27-31-15-7-2-8-16-31/h1-24,34,36H,25-28H2,(H,40,42)(H,41,43)/t34-,36+/m1/s1. The summed E-state index contributed by atoms with van der Waals surface area (Å²) in [5, 5.41) is 5.86. The Hall–Kier alpha value is -5.69. The van der Waals surface area contributed by atoms with Crippen LogP contribution in [0.4, 0.5) is 0 Å². The maximum atomic E-state index is 13.6. The predicted octanol–water partition coefficient (Wildman–Crippen LogP) is 6.19. The maximum absolute atomic E-state index is 13.6. The van der Waals surface area contributed by atoms with Gasteiger partial charge in [0.25, 0.3) is 11.8 Å². The smallest absolute Gasteiger partial charge is 0.329 e. The number of hydrogen-bond donors (Lipinski definition) is 2. The molecular weight excluding hydrogens is 576 g/mol. The number of ether oxygens (including phenoxy) is 2. The fourth-order valence-corrected chi connectivity index (χ4v) is 4.91. The van der Waals surface area contributed by atoms with E-state index in [1.807, 2.05) is 97.1 Å². The van der Waals surface area contributed by atoms with Gasteiger partial charge in [-0.2, -0.15) is 0 Å². The van der Waals surface area contributed by atoms with Gasteiger partial charge in [0.05, 0.1) is 6.04 Å². The third-order valence-electron chi connectivity index (χ3n) is 7.36. The molecule has 0 aliphatic heterocycles. The van der Waals surface area contributed by atoms with Gasteiger partial charge in [0.2, 0.25) is 0 Å².